The molecule has 21 heavy (non-hydrogen) atoms. The van der Waals surface area contributed by atoms with Crippen molar-refractivity contribution in [1.29, 1.82) is 0 Å². The first-order chi connectivity index (χ1) is 9.66. The zero-order valence-electron chi connectivity index (χ0n) is 11.6. The van der Waals surface area contributed by atoms with Gasteiger partial charge in [0.05, 0.1) is 11.5 Å². The molecule has 0 heterocycles. The molecule has 0 spiro atoms. The van der Waals surface area contributed by atoms with Crippen LogP contribution in [-0.4, -0.2) is 32.9 Å². The second-order valence-corrected chi connectivity index (χ2v) is 5.77. The van der Waals surface area contributed by atoms with Crippen molar-refractivity contribution in [3.05, 3.63) is 23.8 Å². The third-order valence-electron chi connectivity index (χ3n) is 2.59. The fourth-order valence-corrected chi connectivity index (χ4v) is 2.35. The van der Waals surface area contributed by atoms with Crippen molar-refractivity contribution in [2.24, 2.45) is 10.9 Å². The van der Waals surface area contributed by atoms with E-state index in [0.29, 0.717) is 5.56 Å². The number of ether oxygens (including phenoxy) is 1. The molecule has 9 heteroatoms. The van der Waals surface area contributed by atoms with E-state index in [0.717, 1.165) is 0 Å². The molecule has 1 aromatic rings. The van der Waals surface area contributed by atoms with Gasteiger partial charge in [0, 0.05) is 5.69 Å². The summed E-state index contributed by atoms with van der Waals surface area (Å²) in [6, 6.07) is 2.65. The van der Waals surface area contributed by atoms with E-state index in [9.17, 15) is 18.0 Å². The van der Waals surface area contributed by atoms with Gasteiger partial charge in [-0.2, -0.15) is 0 Å². The molecule has 0 aliphatic rings. The lowest BCUT2D eigenvalue weighted by Gasteiger charge is -2.12. The molecule has 116 valence electrons. The maximum atomic E-state index is 11.8. The number of hydrogen-bond donors (Lipinski definition) is 3. The molecule has 1 aromatic carbocycles. The quantitative estimate of drug-likeness (QED) is 0.492. The van der Waals surface area contributed by atoms with Gasteiger partial charge in [-0.15, -0.1) is 0 Å². The predicted octanol–water partition coefficient (Wildman–Crippen LogP) is -0.529. The highest BCUT2D eigenvalue weighted by Crippen LogP contribution is 2.19. The Balaban J connectivity index is 2.94. The van der Waals surface area contributed by atoms with E-state index < -0.39 is 27.9 Å². The molecule has 1 atom stereocenters. The molecule has 5 N–H and O–H groups in total. The number of rotatable bonds is 5. The second kappa shape index (κ2) is 6.66. The van der Waals surface area contributed by atoms with Gasteiger partial charge in [-0.05, 0) is 31.5 Å². The zero-order valence-corrected chi connectivity index (χ0v) is 12.4. The number of amides is 1. The third kappa shape index (κ3) is 4.52. The molecule has 1 amide bonds. The lowest BCUT2D eigenvalue weighted by Crippen LogP contribution is -2.43. The van der Waals surface area contributed by atoms with Crippen molar-refractivity contribution in [2.45, 2.75) is 24.8 Å². The molecule has 1 unspecified atom stereocenters. The Morgan fingerprint density at radius 3 is 2.52 bits per heavy atom. The van der Waals surface area contributed by atoms with Crippen LogP contribution in [0.3, 0.4) is 0 Å². The largest absolute Gasteiger partial charge is 0.464 e. The summed E-state index contributed by atoms with van der Waals surface area (Å²) in [5, 5.41) is 7.40. The molecule has 0 aliphatic carbocycles. The number of esters is 1. The van der Waals surface area contributed by atoms with Crippen molar-refractivity contribution in [3.63, 3.8) is 0 Å². The summed E-state index contributed by atoms with van der Waals surface area (Å²) in [4.78, 5) is 23.0. The minimum Gasteiger partial charge on any atom is -0.464 e. The number of primary sulfonamides is 1. The number of benzene rings is 1. The van der Waals surface area contributed by atoms with Crippen LogP contribution in [0.25, 0.3) is 0 Å². The van der Waals surface area contributed by atoms with E-state index in [1.165, 1.54) is 18.2 Å². The standard InChI is InChI=1S/C12H17N3O5S/c1-3-20-12(17)10(13)11(16)15-8-5-4-7(2)9(6-8)21(14,18)19/h4-6,10H,3,13H2,1-2H3,(H,15,16)(H2,14,18,19). The smallest absolute Gasteiger partial charge is 0.332 e. The highest BCUT2D eigenvalue weighted by molar-refractivity contribution is 7.89. The zero-order chi connectivity index (χ0) is 16.2. The number of carbonyl (C=O) groups is 2. The fraction of sp³-hybridized carbons (Fsp3) is 0.333. The van der Waals surface area contributed by atoms with Crippen LogP contribution in [0.15, 0.2) is 23.1 Å². The lowest BCUT2D eigenvalue weighted by molar-refractivity contribution is -0.146. The van der Waals surface area contributed by atoms with Crippen LogP contribution in [0.4, 0.5) is 5.69 Å². The molecule has 0 aliphatic heterocycles. The summed E-state index contributed by atoms with van der Waals surface area (Å²) in [5.41, 5.74) is 6.02. The number of hydrogen-bond acceptors (Lipinski definition) is 6. The Morgan fingerprint density at radius 2 is 2.00 bits per heavy atom. The Labute approximate surface area is 122 Å². The molecular formula is C12H17N3O5S. The van der Waals surface area contributed by atoms with Gasteiger partial charge in [-0.1, -0.05) is 6.07 Å². The average Bonchev–Trinajstić information content (AvgIpc) is 2.39. The van der Waals surface area contributed by atoms with E-state index >= 15 is 0 Å². The van der Waals surface area contributed by atoms with Crippen LogP contribution in [0.1, 0.15) is 12.5 Å². The number of anilines is 1. The fourth-order valence-electron chi connectivity index (χ4n) is 1.54. The first kappa shape index (κ1) is 17.1. The van der Waals surface area contributed by atoms with Gasteiger partial charge in [-0.3, -0.25) is 4.79 Å². The van der Waals surface area contributed by atoms with E-state index in [-0.39, 0.29) is 17.2 Å². The van der Waals surface area contributed by atoms with Gasteiger partial charge in [-0.25, -0.2) is 18.4 Å². The van der Waals surface area contributed by atoms with E-state index in [1.807, 2.05) is 0 Å². The Bertz CT molecular complexity index is 657. The minimum absolute atomic E-state index is 0.0971. The van der Waals surface area contributed by atoms with Crippen molar-refractivity contribution in [3.8, 4) is 0 Å². The molecule has 8 nitrogen and oxygen atoms in total. The first-order valence-electron chi connectivity index (χ1n) is 6.03. The highest BCUT2D eigenvalue weighted by Gasteiger charge is 2.24. The summed E-state index contributed by atoms with van der Waals surface area (Å²) in [5.74, 6) is -1.67. The number of nitrogens with two attached hydrogens (primary N) is 2. The number of carbonyl (C=O) groups excluding carboxylic acids is 2. The SMILES string of the molecule is CCOC(=O)C(N)C(=O)Nc1ccc(C)c(S(N)(=O)=O)c1. The van der Waals surface area contributed by atoms with E-state index in [1.54, 1.807) is 13.8 Å². The third-order valence-corrected chi connectivity index (χ3v) is 3.64. The number of sulfonamides is 1. The van der Waals surface area contributed by atoms with Crippen molar-refractivity contribution in [1.82, 2.24) is 0 Å². The molecule has 1 rings (SSSR count). The Hall–Kier alpha value is -1.97. The van der Waals surface area contributed by atoms with E-state index in [4.69, 9.17) is 10.9 Å². The summed E-state index contributed by atoms with van der Waals surface area (Å²) < 4.78 is 27.4. The highest BCUT2D eigenvalue weighted by atomic mass is 32.2. The summed E-state index contributed by atoms with van der Waals surface area (Å²) in [6.45, 7) is 3.25. The Morgan fingerprint density at radius 1 is 1.38 bits per heavy atom. The van der Waals surface area contributed by atoms with Crippen molar-refractivity contribution in [2.75, 3.05) is 11.9 Å². The monoisotopic (exact) mass is 315 g/mol. The molecule has 0 saturated carbocycles. The molecule has 0 fully saturated rings. The van der Waals surface area contributed by atoms with Gasteiger partial charge < -0.3 is 15.8 Å². The molecule has 0 saturated heterocycles. The summed E-state index contributed by atoms with van der Waals surface area (Å²) >= 11 is 0. The van der Waals surface area contributed by atoms with Crippen LogP contribution in [-0.2, 0) is 24.3 Å². The second-order valence-electron chi connectivity index (χ2n) is 4.24. The number of nitrogens with one attached hydrogen (secondary N) is 1. The van der Waals surface area contributed by atoms with Crippen LogP contribution >= 0.6 is 0 Å². The van der Waals surface area contributed by atoms with Gasteiger partial charge >= 0.3 is 5.97 Å². The van der Waals surface area contributed by atoms with Crippen LogP contribution in [0.5, 0.6) is 0 Å². The normalized spacial score (nSPS) is 12.6. The molecule has 0 aromatic heterocycles. The lowest BCUT2D eigenvalue weighted by atomic mass is 10.2. The predicted molar refractivity (Wildman–Crippen MR) is 75.8 cm³/mol. The van der Waals surface area contributed by atoms with Gasteiger partial charge in [0.15, 0.2) is 6.04 Å². The van der Waals surface area contributed by atoms with Crippen LogP contribution < -0.4 is 16.2 Å². The average molecular weight is 315 g/mol. The van der Waals surface area contributed by atoms with Crippen molar-refractivity contribution < 1.29 is 22.7 Å². The molecule has 0 bridgehead atoms. The minimum atomic E-state index is -3.91. The molecule has 0 radical (unpaired) electrons. The van der Waals surface area contributed by atoms with Gasteiger partial charge in [0.25, 0.3) is 5.91 Å². The summed E-state index contributed by atoms with van der Waals surface area (Å²) in [7, 11) is -3.91. The Kier molecular flexibility index (Phi) is 5.41. The summed E-state index contributed by atoms with van der Waals surface area (Å²) in [6.07, 6.45) is 0. The van der Waals surface area contributed by atoms with Crippen LogP contribution in [0.2, 0.25) is 0 Å². The van der Waals surface area contributed by atoms with Crippen molar-refractivity contribution >= 4 is 27.6 Å². The topological polar surface area (TPSA) is 142 Å². The van der Waals surface area contributed by atoms with Crippen LogP contribution in [0, 0.1) is 6.92 Å². The first-order valence-corrected chi connectivity index (χ1v) is 7.58. The van der Waals surface area contributed by atoms with Gasteiger partial charge in [0.1, 0.15) is 0 Å². The maximum absolute atomic E-state index is 11.8. The van der Waals surface area contributed by atoms with Gasteiger partial charge in [0.2, 0.25) is 10.0 Å². The maximum Gasteiger partial charge on any atom is 0.332 e. The number of aryl methyl sites for hydroxylation is 1. The van der Waals surface area contributed by atoms with E-state index in [2.05, 4.69) is 10.1 Å². The molecular weight excluding hydrogens is 298 g/mol.